The number of halogens is 1. The van der Waals surface area contributed by atoms with Crippen molar-refractivity contribution in [1.82, 2.24) is 0 Å². The first-order valence-corrected chi connectivity index (χ1v) is 7.07. The molecule has 0 radical (unpaired) electrons. The van der Waals surface area contributed by atoms with Crippen molar-refractivity contribution < 1.29 is 18.7 Å². The van der Waals surface area contributed by atoms with E-state index in [0.717, 1.165) is 0 Å². The number of hydrogen-bond donors (Lipinski definition) is 0. The molecule has 22 heavy (non-hydrogen) atoms. The molecule has 0 amide bonds. The summed E-state index contributed by atoms with van der Waals surface area (Å²) in [6.07, 6.45) is 0.724. The molecule has 0 saturated carbocycles. The van der Waals surface area contributed by atoms with Gasteiger partial charge in [-0.1, -0.05) is 30.3 Å². The van der Waals surface area contributed by atoms with Crippen LogP contribution < -0.4 is 0 Å². The molecule has 1 atom stereocenters. The van der Waals surface area contributed by atoms with E-state index in [9.17, 15) is 14.0 Å². The predicted molar refractivity (Wildman–Crippen MR) is 79.2 cm³/mol. The molecule has 4 heteroatoms. The molecule has 0 aromatic heterocycles. The van der Waals surface area contributed by atoms with Gasteiger partial charge in [0.25, 0.3) is 0 Å². The molecular formula is C18H15FO3. The highest BCUT2D eigenvalue weighted by Crippen LogP contribution is 2.39. The summed E-state index contributed by atoms with van der Waals surface area (Å²) in [7, 11) is 1.28. The lowest BCUT2D eigenvalue weighted by Gasteiger charge is -2.34. The average molecular weight is 298 g/mol. The predicted octanol–water partition coefficient (Wildman–Crippen LogP) is 3.07. The minimum atomic E-state index is -1.35. The van der Waals surface area contributed by atoms with Gasteiger partial charge >= 0.3 is 5.97 Å². The Labute approximate surface area is 127 Å². The van der Waals surface area contributed by atoms with Crippen LogP contribution in [0.3, 0.4) is 0 Å². The summed E-state index contributed by atoms with van der Waals surface area (Å²) in [4.78, 5) is 25.5. The molecule has 112 valence electrons. The normalized spacial score (nSPS) is 20.4. The number of aryl methyl sites for hydroxylation is 1. The van der Waals surface area contributed by atoms with Gasteiger partial charge in [0.05, 0.1) is 7.11 Å². The molecule has 0 aliphatic heterocycles. The smallest absolute Gasteiger partial charge is 0.324 e. The third-order valence-corrected chi connectivity index (χ3v) is 4.27. The summed E-state index contributed by atoms with van der Waals surface area (Å²) >= 11 is 0. The minimum Gasteiger partial charge on any atom is -0.468 e. The molecule has 0 spiro atoms. The van der Waals surface area contributed by atoms with E-state index in [2.05, 4.69) is 0 Å². The van der Waals surface area contributed by atoms with E-state index in [4.69, 9.17) is 4.74 Å². The Morgan fingerprint density at radius 2 is 1.91 bits per heavy atom. The zero-order valence-electron chi connectivity index (χ0n) is 12.1. The molecule has 0 bridgehead atoms. The first-order chi connectivity index (χ1) is 10.6. The average Bonchev–Trinajstić information content (AvgIpc) is 2.55. The summed E-state index contributed by atoms with van der Waals surface area (Å²) in [5.41, 5.74) is 0.296. The maximum Gasteiger partial charge on any atom is 0.324 e. The Hall–Kier alpha value is -2.49. The highest BCUT2D eigenvalue weighted by molar-refractivity contribution is 6.18. The fourth-order valence-electron chi connectivity index (χ4n) is 3.14. The van der Waals surface area contributed by atoms with Gasteiger partial charge in [-0.15, -0.1) is 0 Å². The summed E-state index contributed by atoms with van der Waals surface area (Å²) in [6.45, 7) is 0. The molecule has 2 aromatic carbocycles. The third kappa shape index (κ3) is 2.03. The van der Waals surface area contributed by atoms with Gasteiger partial charge in [0, 0.05) is 5.56 Å². The molecule has 1 aliphatic carbocycles. The van der Waals surface area contributed by atoms with Crippen molar-refractivity contribution in [3.05, 3.63) is 71.0 Å². The number of fused-ring (bicyclic) bond motifs is 1. The molecule has 0 fully saturated rings. The first-order valence-electron chi connectivity index (χ1n) is 7.07. The number of hydrogen-bond acceptors (Lipinski definition) is 3. The summed E-state index contributed by atoms with van der Waals surface area (Å²) < 4.78 is 18.3. The molecule has 3 rings (SSSR count). The fourth-order valence-corrected chi connectivity index (χ4v) is 3.14. The second-order valence-corrected chi connectivity index (χ2v) is 5.39. The number of benzene rings is 2. The van der Waals surface area contributed by atoms with E-state index >= 15 is 0 Å². The highest BCUT2D eigenvalue weighted by atomic mass is 19.1. The molecule has 1 aliphatic rings. The van der Waals surface area contributed by atoms with E-state index < -0.39 is 11.4 Å². The van der Waals surface area contributed by atoms with Gasteiger partial charge in [-0.05, 0) is 42.2 Å². The van der Waals surface area contributed by atoms with Gasteiger partial charge in [-0.3, -0.25) is 9.59 Å². The zero-order chi connectivity index (χ0) is 15.7. The number of rotatable bonds is 2. The number of esters is 1. The lowest BCUT2D eigenvalue weighted by Crippen LogP contribution is -2.47. The van der Waals surface area contributed by atoms with Gasteiger partial charge in [-0.25, -0.2) is 4.39 Å². The molecule has 2 aromatic rings. The van der Waals surface area contributed by atoms with E-state index in [0.29, 0.717) is 23.1 Å². The van der Waals surface area contributed by atoms with Crippen molar-refractivity contribution in [2.45, 2.75) is 18.3 Å². The van der Waals surface area contributed by atoms with Gasteiger partial charge < -0.3 is 4.74 Å². The van der Waals surface area contributed by atoms with Gasteiger partial charge in [0.1, 0.15) is 5.82 Å². The lowest BCUT2D eigenvalue weighted by molar-refractivity contribution is -0.145. The van der Waals surface area contributed by atoms with Crippen molar-refractivity contribution >= 4 is 11.8 Å². The SMILES string of the molecule is COC(=O)C1(c2ccccc2)CCc2cc(F)ccc2C1=O. The lowest BCUT2D eigenvalue weighted by atomic mass is 9.66. The molecule has 0 saturated heterocycles. The minimum absolute atomic E-state index is 0.277. The van der Waals surface area contributed by atoms with Crippen molar-refractivity contribution in [3.63, 3.8) is 0 Å². The summed E-state index contributed by atoms with van der Waals surface area (Å²) in [5, 5.41) is 0. The van der Waals surface area contributed by atoms with E-state index in [1.807, 2.05) is 6.07 Å². The number of ether oxygens (including phenoxy) is 1. The Morgan fingerprint density at radius 1 is 1.18 bits per heavy atom. The van der Waals surface area contributed by atoms with Crippen LogP contribution in [-0.4, -0.2) is 18.9 Å². The Morgan fingerprint density at radius 3 is 2.59 bits per heavy atom. The van der Waals surface area contributed by atoms with Crippen LogP contribution in [-0.2, 0) is 21.4 Å². The molecule has 3 nitrogen and oxygen atoms in total. The van der Waals surface area contributed by atoms with Crippen LogP contribution in [0.25, 0.3) is 0 Å². The maximum absolute atomic E-state index is 13.4. The number of carbonyl (C=O) groups excluding carboxylic acids is 2. The number of ketones is 1. The van der Waals surface area contributed by atoms with Crippen LogP contribution >= 0.6 is 0 Å². The quantitative estimate of drug-likeness (QED) is 0.632. The van der Waals surface area contributed by atoms with Gasteiger partial charge in [0.15, 0.2) is 11.2 Å². The van der Waals surface area contributed by atoms with Crippen LogP contribution in [0.15, 0.2) is 48.5 Å². The van der Waals surface area contributed by atoms with Crippen LogP contribution in [0.1, 0.15) is 27.9 Å². The largest absolute Gasteiger partial charge is 0.468 e. The van der Waals surface area contributed by atoms with Crippen LogP contribution in [0.5, 0.6) is 0 Å². The van der Waals surface area contributed by atoms with Gasteiger partial charge in [0.2, 0.25) is 0 Å². The maximum atomic E-state index is 13.4. The number of Topliss-reactive ketones (excluding diaryl/α,β-unsaturated/α-hetero) is 1. The highest BCUT2D eigenvalue weighted by Gasteiger charge is 2.51. The summed E-state index contributed by atoms with van der Waals surface area (Å²) in [6, 6.07) is 13.0. The molecule has 0 heterocycles. The van der Waals surface area contributed by atoms with Gasteiger partial charge in [-0.2, -0.15) is 0 Å². The van der Waals surface area contributed by atoms with Crippen molar-refractivity contribution in [2.24, 2.45) is 0 Å². The standard InChI is InChI=1S/C18H15FO3/c1-22-17(21)18(13-5-3-2-4-6-13)10-9-12-11-14(19)7-8-15(12)16(18)20/h2-8,11H,9-10H2,1H3. The van der Waals surface area contributed by atoms with Crippen LogP contribution in [0.4, 0.5) is 4.39 Å². The Kier molecular flexibility index (Phi) is 3.53. The first kappa shape index (κ1) is 14.4. The fraction of sp³-hybridized carbons (Fsp3) is 0.222. The Balaban J connectivity index is 2.19. The molecule has 0 N–H and O–H groups in total. The number of methoxy groups -OCH3 is 1. The van der Waals surface area contributed by atoms with Crippen molar-refractivity contribution in [3.8, 4) is 0 Å². The summed E-state index contributed by atoms with van der Waals surface area (Å²) in [5.74, 6) is -1.28. The van der Waals surface area contributed by atoms with Crippen molar-refractivity contribution in [2.75, 3.05) is 7.11 Å². The third-order valence-electron chi connectivity index (χ3n) is 4.27. The van der Waals surface area contributed by atoms with E-state index in [1.54, 1.807) is 24.3 Å². The zero-order valence-corrected chi connectivity index (χ0v) is 12.1. The van der Waals surface area contributed by atoms with E-state index in [-0.39, 0.29) is 18.0 Å². The Bertz CT molecular complexity index is 739. The second kappa shape index (κ2) is 5.37. The topological polar surface area (TPSA) is 43.4 Å². The monoisotopic (exact) mass is 298 g/mol. The molecular weight excluding hydrogens is 283 g/mol. The molecule has 1 unspecified atom stereocenters. The van der Waals surface area contributed by atoms with Crippen LogP contribution in [0, 0.1) is 5.82 Å². The number of carbonyl (C=O) groups is 2. The van der Waals surface area contributed by atoms with Crippen molar-refractivity contribution in [1.29, 1.82) is 0 Å². The second-order valence-electron chi connectivity index (χ2n) is 5.39. The van der Waals surface area contributed by atoms with Crippen LogP contribution in [0.2, 0.25) is 0 Å². The van der Waals surface area contributed by atoms with E-state index in [1.165, 1.54) is 25.3 Å².